The number of pyridine rings is 2. The van der Waals surface area contributed by atoms with Crippen molar-refractivity contribution in [1.82, 2.24) is 39.5 Å². The first-order chi connectivity index (χ1) is 21.5. The third-order valence-electron chi connectivity index (χ3n) is 9.69. The highest BCUT2D eigenvalue weighted by atomic mass is 16.2. The number of hydrogen-bond acceptors (Lipinski definition) is 7. The van der Waals surface area contributed by atoms with Crippen molar-refractivity contribution < 1.29 is 4.79 Å². The quantitative estimate of drug-likeness (QED) is 0.275. The Morgan fingerprint density at radius 1 is 1.09 bits per heavy atom. The van der Waals surface area contributed by atoms with Gasteiger partial charge in [0.2, 0.25) is 5.91 Å². The molecule has 1 aliphatic heterocycles. The molecule has 3 N–H and O–H groups in total. The maximum Gasteiger partial charge on any atom is 0.245 e. The number of hydrogen-bond donors (Lipinski definition) is 2. The average molecular weight is 586 g/mol. The van der Waals surface area contributed by atoms with Gasteiger partial charge in [-0.25, -0.2) is 19.6 Å². The Morgan fingerprint density at radius 2 is 2.00 bits per heavy atom. The fourth-order valence-electron chi connectivity index (χ4n) is 7.64. The molecule has 44 heavy (non-hydrogen) atoms. The summed E-state index contributed by atoms with van der Waals surface area (Å²) in [5.74, 6) is 1.91. The van der Waals surface area contributed by atoms with Gasteiger partial charge in [-0.1, -0.05) is 19.1 Å². The molecule has 0 bridgehead atoms. The Morgan fingerprint density at radius 3 is 2.82 bits per heavy atom. The number of benzene rings is 1. The van der Waals surface area contributed by atoms with Crippen LogP contribution in [0.5, 0.6) is 0 Å². The van der Waals surface area contributed by atoms with Crippen LogP contribution in [0.3, 0.4) is 0 Å². The summed E-state index contributed by atoms with van der Waals surface area (Å²) in [6.07, 6.45) is 13.5. The molecular formula is C34H35N9O. The van der Waals surface area contributed by atoms with Gasteiger partial charge in [0.25, 0.3) is 0 Å². The molecule has 8 rings (SSSR count). The van der Waals surface area contributed by atoms with Crippen LogP contribution in [0.15, 0.2) is 79.8 Å². The molecule has 1 amide bonds. The zero-order chi connectivity index (χ0) is 29.8. The van der Waals surface area contributed by atoms with Crippen LogP contribution in [0.25, 0.3) is 34.1 Å². The van der Waals surface area contributed by atoms with Crippen LogP contribution in [-0.4, -0.2) is 59.2 Å². The van der Waals surface area contributed by atoms with Gasteiger partial charge in [0.1, 0.15) is 11.3 Å². The molecule has 3 aliphatic rings. The summed E-state index contributed by atoms with van der Waals surface area (Å²) in [6, 6.07) is 17.1. The molecule has 5 heterocycles. The number of amides is 1. The standard InChI is InChI=1S/C34H35N9O/c1-2-30(44)41-20-34(21-41)14-3-6-23(19-34)38-27-11-8-22-18-24(9-10-25(22)27)43-32(26-7-4-15-36-31(26)35)39-28-12-13-29(40-33(28)43)42-17-5-16-37-42/h2,4-5,7,9-10,12-13,15-18,23,27,38H,1,3,6,8,11,14,19-21H2,(H2,35,36). The lowest BCUT2D eigenvalue weighted by molar-refractivity contribution is -0.140. The van der Waals surface area contributed by atoms with E-state index in [0.717, 1.165) is 54.8 Å². The van der Waals surface area contributed by atoms with Crippen molar-refractivity contribution >= 4 is 22.9 Å². The van der Waals surface area contributed by atoms with Crippen molar-refractivity contribution in [1.29, 1.82) is 0 Å². The highest BCUT2D eigenvalue weighted by Crippen LogP contribution is 2.45. The SMILES string of the molecule is C=CC(=O)N1CC2(CCCC(NC3CCc4cc(-n5c(-c6cccnc6N)nc6ccc(-n7cccn7)nc65)ccc43)C2)C1. The molecule has 10 heteroatoms. The van der Waals surface area contributed by atoms with E-state index in [-0.39, 0.29) is 11.3 Å². The second-order valence-corrected chi connectivity index (χ2v) is 12.5. The monoisotopic (exact) mass is 585 g/mol. The number of carbonyl (C=O) groups is 1. The molecule has 4 aromatic heterocycles. The first-order valence-corrected chi connectivity index (χ1v) is 15.4. The van der Waals surface area contributed by atoms with Gasteiger partial charge in [0.15, 0.2) is 17.3 Å². The first-order valence-electron chi connectivity index (χ1n) is 15.4. The third kappa shape index (κ3) is 4.48. The molecule has 5 aromatic rings. The van der Waals surface area contributed by atoms with Crippen molar-refractivity contribution in [2.24, 2.45) is 5.41 Å². The molecule has 2 atom stereocenters. The summed E-state index contributed by atoms with van der Waals surface area (Å²) in [5, 5.41) is 8.40. The number of nitrogens with one attached hydrogen (secondary N) is 1. The number of anilines is 1. The van der Waals surface area contributed by atoms with E-state index in [0.29, 0.717) is 29.5 Å². The summed E-state index contributed by atoms with van der Waals surface area (Å²) in [6.45, 7) is 5.37. The van der Waals surface area contributed by atoms with E-state index >= 15 is 0 Å². The smallest absolute Gasteiger partial charge is 0.245 e. The summed E-state index contributed by atoms with van der Waals surface area (Å²) >= 11 is 0. The molecule has 1 saturated heterocycles. The lowest BCUT2D eigenvalue weighted by Crippen LogP contribution is -2.61. The van der Waals surface area contributed by atoms with Gasteiger partial charge < -0.3 is 16.0 Å². The Labute approximate surface area is 255 Å². The van der Waals surface area contributed by atoms with Crippen molar-refractivity contribution in [2.75, 3.05) is 18.8 Å². The number of nitrogens with zero attached hydrogens (tertiary/aromatic N) is 7. The van der Waals surface area contributed by atoms with Gasteiger partial charge in [-0.05, 0) is 91.8 Å². The molecule has 1 spiro atoms. The molecule has 10 nitrogen and oxygen atoms in total. The minimum Gasteiger partial charge on any atom is -0.383 e. The van der Waals surface area contributed by atoms with E-state index in [9.17, 15) is 4.79 Å². The molecule has 222 valence electrons. The van der Waals surface area contributed by atoms with Crippen molar-refractivity contribution in [3.8, 4) is 22.9 Å². The summed E-state index contributed by atoms with van der Waals surface area (Å²) in [7, 11) is 0. The van der Waals surface area contributed by atoms with Crippen LogP contribution in [-0.2, 0) is 11.2 Å². The zero-order valence-corrected chi connectivity index (χ0v) is 24.6. The number of likely N-dealkylation sites (tertiary alicyclic amines) is 1. The van der Waals surface area contributed by atoms with E-state index < -0.39 is 0 Å². The molecule has 2 aliphatic carbocycles. The Hall–Kier alpha value is -4.83. The van der Waals surface area contributed by atoms with Gasteiger partial charge in [0, 0.05) is 54.9 Å². The van der Waals surface area contributed by atoms with Gasteiger partial charge >= 0.3 is 0 Å². The van der Waals surface area contributed by atoms with E-state index in [1.165, 1.54) is 36.5 Å². The Balaban J connectivity index is 1.11. The van der Waals surface area contributed by atoms with Crippen molar-refractivity contribution in [2.45, 2.75) is 50.6 Å². The second kappa shape index (κ2) is 10.4. The van der Waals surface area contributed by atoms with E-state index in [1.807, 2.05) is 41.4 Å². The minimum absolute atomic E-state index is 0.0547. The van der Waals surface area contributed by atoms with Gasteiger partial charge in [-0.3, -0.25) is 9.36 Å². The number of imidazole rings is 1. The number of nitrogens with two attached hydrogens (primary N) is 1. The maximum atomic E-state index is 12.1. The maximum absolute atomic E-state index is 12.1. The Bertz CT molecular complexity index is 1890. The fraction of sp³-hybridized carbons (Fsp3) is 0.324. The largest absolute Gasteiger partial charge is 0.383 e. The molecule has 1 saturated carbocycles. The normalized spacial score (nSPS) is 20.5. The second-order valence-electron chi connectivity index (χ2n) is 12.5. The summed E-state index contributed by atoms with van der Waals surface area (Å²) in [4.78, 5) is 28.3. The van der Waals surface area contributed by atoms with Crippen molar-refractivity contribution in [3.63, 3.8) is 0 Å². The summed E-state index contributed by atoms with van der Waals surface area (Å²) in [5.41, 5.74) is 12.6. The zero-order valence-electron chi connectivity index (χ0n) is 24.6. The van der Waals surface area contributed by atoms with Crippen LogP contribution in [0, 0.1) is 5.41 Å². The van der Waals surface area contributed by atoms with Crippen LogP contribution >= 0.6 is 0 Å². The van der Waals surface area contributed by atoms with Crippen LogP contribution in [0.2, 0.25) is 0 Å². The van der Waals surface area contributed by atoms with E-state index in [4.69, 9.17) is 15.7 Å². The van der Waals surface area contributed by atoms with Crippen LogP contribution < -0.4 is 11.1 Å². The predicted octanol–water partition coefficient (Wildman–Crippen LogP) is 4.78. The van der Waals surface area contributed by atoms with Gasteiger partial charge in [0.05, 0.1) is 5.56 Å². The summed E-state index contributed by atoms with van der Waals surface area (Å²) < 4.78 is 3.84. The molecule has 0 radical (unpaired) electrons. The van der Waals surface area contributed by atoms with Gasteiger partial charge in [-0.15, -0.1) is 0 Å². The number of aromatic nitrogens is 6. The van der Waals surface area contributed by atoms with Crippen molar-refractivity contribution in [3.05, 3.63) is 90.9 Å². The Kier molecular flexibility index (Phi) is 6.33. The number of rotatable bonds is 6. The van der Waals surface area contributed by atoms with Crippen LogP contribution in [0.1, 0.15) is 49.3 Å². The van der Waals surface area contributed by atoms with Gasteiger partial charge in [-0.2, -0.15) is 5.10 Å². The van der Waals surface area contributed by atoms with E-state index in [2.05, 4.69) is 44.7 Å². The average Bonchev–Trinajstić information content (AvgIpc) is 3.79. The topological polar surface area (TPSA) is 120 Å². The highest BCUT2D eigenvalue weighted by molar-refractivity contribution is 5.87. The lowest BCUT2D eigenvalue weighted by Gasteiger charge is -2.54. The number of fused-ring (bicyclic) bond motifs is 2. The number of carbonyl (C=O) groups excluding carboxylic acids is 1. The highest BCUT2D eigenvalue weighted by Gasteiger charge is 2.47. The number of nitrogen functional groups attached to an aromatic ring is 1. The van der Waals surface area contributed by atoms with E-state index in [1.54, 1.807) is 17.1 Å². The third-order valence-corrected chi connectivity index (χ3v) is 9.69. The first kappa shape index (κ1) is 26.8. The predicted molar refractivity (Wildman–Crippen MR) is 169 cm³/mol. The molecular weight excluding hydrogens is 550 g/mol. The minimum atomic E-state index is 0.0547. The number of aryl methyl sites for hydroxylation is 1. The molecule has 2 fully saturated rings. The fourth-order valence-corrected chi connectivity index (χ4v) is 7.64. The molecule has 2 unspecified atom stereocenters. The molecule has 1 aromatic carbocycles. The van der Waals surface area contributed by atoms with Crippen LogP contribution in [0.4, 0.5) is 5.82 Å². The lowest BCUT2D eigenvalue weighted by atomic mass is 9.67.